The van der Waals surface area contributed by atoms with Gasteiger partial charge in [-0.3, -0.25) is 14.2 Å². The topological polar surface area (TPSA) is 80.1 Å². The van der Waals surface area contributed by atoms with Crippen molar-refractivity contribution in [1.29, 1.82) is 0 Å². The number of aryl methyl sites for hydroxylation is 1. The number of amides is 1. The summed E-state index contributed by atoms with van der Waals surface area (Å²) in [6.07, 6.45) is 2.36. The van der Waals surface area contributed by atoms with Gasteiger partial charge in [-0.05, 0) is 30.5 Å². The second-order valence-corrected chi connectivity index (χ2v) is 7.34. The zero-order valence-electron chi connectivity index (χ0n) is 16.8. The van der Waals surface area contributed by atoms with Gasteiger partial charge in [0.15, 0.2) is 5.52 Å². The van der Waals surface area contributed by atoms with Gasteiger partial charge < -0.3 is 10.2 Å². The first-order chi connectivity index (χ1) is 14.1. The Morgan fingerprint density at radius 3 is 2.72 bits per heavy atom. The molecule has 0 saturated carbocycles. The summed E-state index contributed by atoms with van der Waals surface area (Å²) < 4.78 is 1.55. The number of anilines is 1. The molecule has 1 amide bonds. The molecule has 1 aliphatic rings. The first-order valence-corrected chi connectivity index (χ1v) is 10.0. The van der Waals surface area contributed by atoms with Crippen LogP contribution in [0.2, 0.25) is 0 Å². The number of fused-ring (bicyclic) bond motifs is 1. The van der Waals surface area contributed by atoms with E-state index in [-0.39, 0.29) is 17.5 Å². The average molecular weight is 391 g/mol. The minimum atomic E-state index is -0.282. The van der Waals surface area contributed by atoms with Crippen LogP contribution < -0.4 is 15.8 Å². The van der Waals surface area contributed by atoms with Crippen molar-refractivity contribution >= 4 is 22.8 Å². The normalized spacial score (nSPS) is 16.3. The van der Waals surface area contributed by atoms with Crippen molar-refractivity contribution in [2.45, 2.75) is 38.8 Å². The third-order valence-corrected chi connectivity index (χ3v) is 5.48. The van der Waals surface area contributed by atoms with Crippen LogP contribution in [0.15, 0.2) is 47.3 Å². The molecular weight excluding hydrogens is 366 g/mol. The molecule has 1 atom stereocenters. The lowest BCUT2D eigenvalue weighted by Gasteiger charge is -2.25. The summed E-state index contributed by atoms with van der Waals surface area (Å²) >= 11 is 0. The third kappa shape index (κ3) is 3.72. The van der Waals surface area contributed by atoms with Crippen molar-refractivity contribution in [3.8, 4) is 0 Å². The lowest BCUT2D eigenvalue weighted by molar-refractivity contribution is -0.122. The molecule has 150 valence electrons. The van der Waals surface area contributed by atoms with E-state index in [0.717, 1.165) is 30.8 Å². The van der Waals surface area contributed by atoms with Crippen LogP contribution in [0.25, 0.3) is 11.0 Å². The zero-order chi connectivity index (χ0) is 20.4. The smallest absolute Gasteiger partial charge is 0.279 e. The summed E-state index contributed by atoms with van der Waals surface area (Å²) in [5.41, 5.74) is 1.85. The summed E-state index contributed by atoms with van der Waals surface area (Å²) in [7, 11) is 1.72. The minimum Gasteiger partial charge on any atom is -0.350 e. The Balaban J connectivity index is 1.58. The maximum atomic E-state index is 12.8. The van der Waals surface area contributed by atoms with Crippen LogP contribution in [0, 0.1) is 0 Å². The lowest BCUT2D eigenvalue weighted by atomic mass is 10.2. The molecule has 4 rings (SSSR count). The highest BCUT2D eigenvalue weighted by molar-refractivity contribution is 5.86. The summed E-state index contributed by atoms with van der Waals surface area (Å²) in [6.45, 7) is 3.21. The molecule has 7 heteroatoms. The molecule has 1 saturated heterocycles. The van der Waals surface area contributed by atoms with Crippen molar-refractivity contribution in [3.63, 3.8) is 0 Å². The van der Waals surface area contributed by atoms with Crippen LogP contribution in [-0.4, -0.2) is 33.0 Å². The highest BCUT2D eigenvalue weighted by atomic mass is 16.2. The number of hydrogen-bond acceptors (Lipinski definition) is 5. The molecule has 0 bridgehead atoms. The number of carbonyl (C=O) groups is 1. The summed E-state index contributed by atoms with van der Waals surface area (Å²) in [6, 6.07) is 13.3. The third-order valence-electron chi connectivity index (χ3n) is 5.48. The number of rotatable bonds is 5. The highest BCUT2D eigenvalue weighted by Gasteiger charge is 2.31. The van der Waals surface area contributed by atoms with Gasteiger partial charge in [-0.1, -0.05) is 37.3 Å². The predicted molar refractivity (Wildman–Crippen MR) is 113 cm³/mol. The SMILES string of the molecule is CCc1nc2ccc(N3CCCC3C(=O)NCc3ccccc3)nc2c(=O)n1C. The van der Waals surface area contributed by atoms with E-state index in [1.54, 1.807) is 11.6 Å². The quantitative estimate of drug-likeness (QED) is 0.721. The number of nitrogens with zero attached hydrogens (tertiary/aromatic N) is 4. The van der Waals surface area contributed by atoms with Gasteiger partial charge in [0.25, 0.3) is 5.56 Å². The second-order valence-electron chi connectivity index (χ2n) is 7.34. The van der Waals surface area contributed by atoms with Crippen LogP contribution in [0.5, 0.6) is 0 Å². The Hall–Kier alpha value is -3.22. The number of aromatic nitrogens is 3. The minimum absolute atomic E-state index is 0.0133. The average Bonchev–Trinajstić information content (AvgIpc) is 3.25. The summed E-state index contributed by atoms with van der Waals surface area (Å²) in [5, 5.41) is 3.03. The Morgan fingerprint density at radius 2 is 1.97 bits per heavy atom. The van der Waals surface area contributed by atoms with Gasteiger partial charge in [-0.15, -0.1) is 0 Å². The van der Waals surface area contributed by atoms with Crippen LogP contribution >= 0.6 is 0 Å². The monoisotopic (exact) mass is 391 g/mol. The molecule has 29 heavy (non-hydrogen) atoms. The molecule has 1 aliphatic heterocycles. The van der Waals surface area contributed by atoms with Gasteiger partial charge in [0.1, 0.15) is 17.7 Å². The number of hydrogen-bond donors (Lipinski definition) is 1. The highest BCUT2D eigenvalue weighted by Crippen LogP contribution is 2.25. The standard InChI is InChI=1S/C22H25N5O2/c1-3-18-24-16-11-12-19(25-20(16)22(29)26(18)2)27-13-7-10-17(27)21(28)23-14-15-8-5-4-6-9-15/h4-6,8-9,11-12,17H,3,7,10,13-14H2,1-2H3,(H,23,28). The van der Waals surface area contributed by atoms with E-state index < -0.39 is 0 Å². The van der Waals surface area contributed by atoms with E-state index in [4.69, 9.17) is 0 Å². The van der Waals surface area contributed by atoms with Gasteiger partial charge in [0.2, 0.25) is 5.91 Å². The fourth-order valence-electron chi connectivity index (χ4n) is 3.87. The van der Waals surface area contributed by atoms with E-state index in [1.807, 2.05) is 54.3 Å². The maximum absolute atomic E-state index is 12.8. The molecule has 0 spiro atoms. The Kier molecular flexibility index (Phi) is 5.29. The molecule has 1 unspecified atom stereocenters. The van der Waals surface area contributed by atoms with Gasteiger partial charge in [-0.25, -0.2) is 9.97 Å². The Labute approximate surface area is 169 Å². The van der Waals surface area contributed by atoms with E-state index in [1.165, 1.54) is 0 Å². The molecular formula is C22H25N5O2. The lowest BCUT2D eigenvalue weighted by Crippen LogP contribution is -2.43. The molecule has 2 aromatic heterocycles. The van der Waals surface area contributed by atoms with Gasteiger partial charge in [0.05, 0.1) is 5.52 Å². The molecule has 1 aromatic carbocycles. The molecule has 0 radical (unpaired) electrons. The van der Waals surface area contributed by atoms with Crippen molar-refractivity contribution in [2.75, 3.05) is 11.4 Å². The molecule has 1 fully saturated rings. The van der Waals surface area contributed by atoms with Gasteiger partial charge in [0, 0.05) is 26.6 Å². The van der Waals surface area contributed by atoms with Crippen molar-refractivity contribution in [2.24, 2.45) is 7.05 Å². The van der Waals surface area contributed by atoms with Crippen molar-refractivity contribution < 1.29 is 4.79 Å². The Morgan fingerprint density at radius 1 is 1.17 bits per heavy atom. The fourth-order valence-corrected chi connectivity index (χ4v) is 3.87. The first-order valence-electron chi connectivity index (χ1n) is 10.0. The number of benzene rings is 1. The number of carbonyl (C=O) groups excluding carboxylic acids is 1. The fraction of sp³-hybridized carbons (Fsp3) is 0.364. The van der Waals surface area contributed by atoms with Crippen LogP contribution in [-0.2, 0) is 24.8 Å². The summed E-state index contributed by atoms with van der Waals surface area (Å²) in [5.74, 6) is 1.37. The van der Waals surface area contributed by atoms with Crippen LogP contribution in [0.4, 0.5) is 5.82 Å². The largest absolute Gasteiger partial charge is 0.350 e. The molecule has 3 aromatic rings. The molecule has 7 nitrogen and oxygen atoms in total. The van der Waals surface area contributed by atoms with Crippen molar-refractivity contribution in [3.05, 3.63) is 64.2 Å². The Bertz CT molecular complexity index is 1090. The predicted octanol–water partition coefficient (Wildman–Crippen LogP) is 2.18. The molecule has 3 heterocycles. The number of pyridine rings is 1. The second kappa shape index (κ2) is 8.03. The van der Waals surface area contributed by atoms with Crippen LogP contribution in [0.1, 0.15) is 31.2 Å². The number of nitrogens with one attached hydrogen (secondary N) is 1. The van der Waals surface area contributed by atoms with Crippen molar-refractivity contribution in [1.82, 2.24) is 19.9 Å². The molecule has 0 aliphatic carbocycles. The van der Waals surface area contributed by atoms with Gasteiger partial charge in [-0.2, -0.15) is 0 Å². The van der Waals surface area contributed by atoms with Gasteiger partial charge >= 0.3 is 0 Å². The summed E-state index contributed by atoms with van der Waals surface area (Å²) in [4.78, 5) is 36.7. The van der Waals surface area contributed by atoms with E-state index in [2.05, 4.69) is 15.3 Å². The maximum Gasteiger partial charge on any atom is 0.279 e. The van der Waals surface area contributed by atoms with E-state index >= 15 is 0 Å². The van der Waals surface area contributed by atoms with Crippen LogP contribution in [0.3, 0.4) is 0 Å². The van der Waals surface area contributed by atoms with E-state index in [0.29, 0.717) is 29.8 Å². The molecule has 1 N–H and O–H groups in total. The first kappa shape index (κ1) is 19.1. The zero-order valence-corrected chi connectivity index (χ0v) is 16.8. The van der Waals surface area contributed by atoms with E-state index in [9.17, 15) is 9.59 Å².